The molecule has 4 aromatic carbocycles. The Bertz CT molecular complexity index is 2060. The molecule has 312 valence electrons. The molecule has 8 nitrogen and oxygen atoms in total. The van der Waals surface area contributed by atoms with Gasteiger partial charge in [-0.2, -0.15) is 0 Å². The molecular formula is C50H56F2N6O2. The fraction of sp³-hybridized carbons (Fsp3) is 0.480. The van der Waals surface area contributed by atoms with Crippen LogP contribution in [0.2, 0.25) is 0 Å². The Labute approximate surface area is 352 Å². The van der Waals surface area contributed by atoms with Crippen molar-refractivity contribution in [3.05, 3.63) is 142 Å². The summed E-state index contributed by atoms with van der Waals surface area (Å²) in [5, 5.41) is 0. The summed E-state index contributed by atoms with van der Waals surface area (Å²) in [4.78, 5) is 19.6. The van der Waals surface area contributed by atoms with Crippen LogP contribution in [-0.4, -0.2) is 109 Å². The first-order valence-electron chi connectivity index (χ1n) is 22.5. The van der Waals surface area contributed by atoms with Crippen molar-refractivity contribution in [2.24, 2.45) is 20.8 Å². The van der Waals surface area contributed by atoms with E-state index in [0.29, 0.717) is 10.8 Å². The van der Waals surface area contributed by atoms with E-state index in [9.17, 15) is 8.78 Å². The Morgan fingerprint density at radius 1 is 0.467 bits per heavy atom. The predicted octanol–water partition coefficient (Wildman–Crippen LogP) is 8.03. The summed E-state index contributed by atoms with van der Waals surface area (Å²) >= 11 is 0. The molecule has 0 aliphatic carbocycles. The van der Waals surface area contributed by atoms with Crippen LogP contribution in [0.3, 0.4) is 0 Å². The Kier molecular flexibility index (Phi) is 9.91. The van der Waals surface area contributed by atoms with Crippen LogP contribution < -0.4 is 0 Å². The topological polar surface area (TPSA) is 56.1 Å². The van der Waals surface area contributed by atoms with Gasteiger partial charge in [-0.15, -0.1) is 0 Å². The standard InChI is InChI=1S/2C25H28FN3O/c2*26-20-7-5-19(6-8-20)23-21-4-2-1-3-18(21)9-13-29(23)24-27-17-22(30-24)25-10-14-28(15-11-25)16-12-25/h2*1-8,22-23H,9-17H2/t22-,23+;22-,23-/m10/s1. The highest BCUT2D eigenvalue weighted by Crippen LogP contribution is 2.48. The van der Waals surface area contributed by atoms with Gasteiger partial charge in [0.2, 0.25) is 0 Å². The molecule has 0 spiro atoms. The SMILES string of the molecule is Fc1ccc([C@H]2c3ccccc3CCN2C2=NC[C@@H](C34CCN(CC3)CC4)O2)cc1.Fc1ccc([C@H]2c3ccccc3CCN2C2=NC[C@H](C34CCN(CC3)CC4)O2)cc1. The van der Waals surface area contributed by atoms with Crippen LogP contribution in [0.1, 0.15) is 84.0 Å². The number of rotatable bonds is 4. The normalized spacial score (nSPS) is 32.5. The molecule has 14 rings (SSSR count). The van der Waals surface area contributed by atoms with E-state index in [-0.39, 0.29) is 35.9 Å². The molecule has 6 saturated heterocycles. The lowest BCUT2D eigenvalue weighted by Crippen LogP contribution is -2.54. The second-order valence-electron chi connectivity index (χ2n) is 18.6. The Morgan fingerprint density at radius 3 is 1.22 bits per heavy atom. The van der Waals surface area contributed by atoms with E-state index in [0.717, 1.165) is 62.2 Å². The summed E-state index contributed by atoms with van der Waals surface area (Å²) in [6.45, 7) is 10.5. The summed E-state index contributed by atoms with van der Waals surface area (Å²) < 4.78 is 40.5. The second-order valence-corrected chi connectivity index (χ2v) is 18.6. The first-order valence-corrected chi connectivity index (χ1v) is 22.5. The fourth-order valence-electron chi connectivity index (χ4n) is 11.9. The van der Waals surface area contributed by atoms with E-state index in [1.807, 2.05) is 24.3 Å². The number of aliphatic imine (C=N–C) groups is 2. The van der Waals surface area contributed by atoms with Crippen LogP contribution >= 0.6 is 0 Å². The van der Waals surface area contributed by atoms with E-state index < -0.39 is 0 Å². The quantitative estimate of drug-likeness (QED) is 0.208. The molecular weight excluding hydrogens is 755 g/mol. The second kappa shape index (κ2) is 15.6. The van der Waals surface area contributed by atoms with Gasteiger partial charge in [-0.3, -0.25) is 0 Å². The number of piperidine rings is 6. The molecule has 0 aromatic heterocycles. The predicted molar refractivity (Wildman–Crippen MR) is 230 cm³/mol. The van der Waals surface area contributed by atoms with Gasteiger partial charge >= 0.3 is 0 Å². The van der Waals surface area contributed by atoms with Crippen molar-refractivity contribution < 1.29 is 18.3 Å². The van der Waals surface area contributed by atoms with Gasteiger partial charge in [0, 0.05) is 23.9 Å². The fourth-order valence-corrected chi connectivity index (χ4v) is 11.9. The van der Waals surface area contributed by atoms with Crippen molar-refractivity contribution in [1.29, 1.82) is 0 Å². The van der Waals surface area contributed by atoms with Crippen molar-refractivity contribution in [2.75, 3.05) is 65.4 Å². The van der Waals surface area contributed by atoms with E-state index in [4.69, 9.17) is 19.5 Å². The van der Waals surface area contributed by atoms with E-state index >= 15 is 0 Å². The largest absolute Gasteiger partial charge is 0.459 e. The molecule has 4 atom stereocenters. The highest BCUT2D eigenvalue weighted by molar-refractivity contribution is 5.78. The number of hydrogen-bond acceptors (Lipinski definition) is 8. The number of amidine groups is 2. The van der Waals surface area contributed by atoms with Gasteiger partial charge in [-0.05, 0) is 148 Å². The van der Waals surface area contributed by atoms with Crippen molar-refractivity contribution in [2.45, 2.75) is 75.7 Å². The van der Waals surface area contributed by atoms with Crippen molar-refractivity contribution in [3.8, 4) is 0 Å². The van der Waals surface area contributed by atoms with Crippen molar-refractivity contribution >= 4 is 12.0 Å². The number of fused-ring (bicyclic) bond motifs is 8. The zero-order valence-corrected chi connectivity index (χ0v) is 34.5. The highest BCUT2D eigenvalue weighted by atomic mass is 19.1. The third-order valence-electron chi connectivity index (χ3n) is 15.6. The number of benzene rings is 4. The van der Waals surface area contributed by atoms with Crippen LogP contribution in [0.15, 0.2) is 107 Å². The lowest BCUT2D eigenvalue weighted by atomic mass is 9.68. The molecule has 0 radical (unpaired) electrons. The number of ether oxygens (including phenoxy) is 2. The Hall–Kier alpha value is -4.80. The maximum atomic E-state index is 13.6. The molecule has 0 unspecified atom stereocenters. The summed E-state index contributed by atoms with van der Waals surface area (Å²) in [6.07, 6.45) is 9.70. The number of hydrogen-bond donors (Lipinski definition) is 0. The summed E-state index contributed by atoms with van der Waals surface area (Å²) in [5.74, 6) is -0.404. The first kappa shape index (κ1) is 38.1. The van der Waals surface area contributed by atoms with Crippen molar-refractivity contribution in [3.63, 3.8) is 0 Å². The Morgan fingerprint density at radius 2 is 0.833 bits per heavy atom. The van der Waals surface area contributed by atoms with Crippen LogP contribution in [0.25, 0.3) is 0 Å². The van der Waals surface area contributed by atoms with Crippen LogP contribution in [0.4, 0.5) is 8.78 Å². The highest BCUT2D eigenvalue weighted by Gasteiger charge is 2.51. The van der Waals surface area contributed by atoms with Gasteiger partial charge < -0.3 is 29.1 Å². The molecule has 0 N–H and O–H groups in total. The molecule has 4 aromatic rings. The molecule has 60 heavy (non-hydrogen) atoms. The van der Waals surface area contributed by atoms with Gasteiger partial charge in [0.1, 0.15) is 23.8 Å². The third kappa shape index (κ3) is 6.88. The first-order chi connectivity index (χ1) is 29.4. The van der Waals surface area contributed by atoms with Gasteiger partial charge in [0.25, 0.3) is 12.0 Å². The molecule has 10 heteroatoms. The maximum absolute atomic E-state index is 13.6. The average molecular weight is 811 g/mol. The van der Waals surface area contributed by atoms with Gasteiger partial charge in [0.05, 0.1) is 25.2 Å². The molecule has 4 bridgehead atoms. The van der Waals surface area contributed by atoms with Gasteiger partial charge in [-0.25, -0.2) is 18.8 Å². The van der Waals surface area contributed by atoms with Gasteiger partial charge in [-0.1, -0.05) is 72.8 Å². The molecule has 6 fully saturated rings. The smallest absolute Gasteiger partial charge is 0.288 e. The lowest BCUT2D eigenvalue weighted by Gasteiger charge is -2.50. The third-order valence-corrected chi connectivity index (χ3v) is 15.6. The molecule has 10 heterocycles. The van der Waals surface area contributed by atoms with Crippen molar-refractivity contribution in [1.82, 2.24) is 19.6 Å². The number of nitrogens with zero attached hydrogens (tertiary/aromatic N) is 6. The minimum Gasteiger partial charge on any atom is -0.459 e. The van der Waals surface area contributed by atoms with E-state index in [1.54, 1.807) is 24.3 Å². The molecule has 0 saturated carbocycles. The minimum absolute atomic E-state index is 0.0127. The van der Waals surface area contributed by atoms with Crippen LogP contribution in [0, 0.1) is 22.5 Å². The summed E-state index contributed by atoms with van der Waals surface area (Å²) in [5.41, 5.74) is 8.01. The summed E-state index contributed by atoms with van der Waals surface area (Å²) in [6, 6.07) is 32.6. The Balaban J connectivity index is 0.000000136. The lowest BCUT2D eigenvalue weighted by molar-refractivity contribution is -0.0553. The molecule has 10 aliphatic heterocycles. The minimum atomic E-state index is -0.202. The van der Waals surface area contributed by atoms with Crippen LogP contribution in [0.5, 0.6) is 0 Å². The number of halogens is 2. The van der Waals surface area contributed by atoms with E-state index in [1.165, 1.54) is 100 Å². The van der Waals surface area contributed by atoms with E-state index in [2.05, 4.69) is 68.1 Å². The zero-order valence-electron chi connectivity index (χ0n) is 34.5. The maximum Gasteiger partial charge on any atom is 0.288 e. The molecule has 10 aliphatic rings. The van der Waals surface area contributed by atoms with Crippen LogP contribution in [-0.2, 0) is 22.3 Å². The average Bonchev–Trinajstić information content (AvgIpc) is 4.03. The zero-order chi connectivity index (χ0) is 40.3. The summed E-state index contributed by atoms with van der Waals surface area (Å²) in [7, 11) is 0. The van der Waals surface area contributed by atoms with Gasteiger partial charge in [0.15, 0.2) is 0 Å². The monoisotopic (exact) mass is 810 g/mol. The molecule has 0 amide bonds.